The van der Waals surface area contributed by atoms with Crippen LogP contribution >= 0.6 is 11.6 Å². The maximum absolute atomic E-state index is 11.7. The second-order valence-corrected chi connectivity index (χ2v) is 8.44. The molecule has 0 amide bonds. The number of rotatable bonds is 4. The van der Waals surface area contributed by atoms with Crippen molar-refractivity contribution >= 4 is 31.5 Å². The van der Waals surface area contributed by atoms with Gasteiger partial charge in [-0.1, -0.05) is 0 Å². The van der Waals surface area contributed by atoms with E-state index in [1.165, 1.54) is 0 Å². The summed E-state index contributed by atoms with van der Waals surface area (Å²) < 4.78 is 51.7. The van der Waals surface area contributed by atoms with Gasteiger partial charge in [-0.25, -0.2) is 16.8 Å². The Morgan fingerprint density at radius 3 is 2.50 bits per heavy atom. The van der Waals surface area contributed by atoms with Crippen molar-refractivity contribution < 1.29 is 21.6 Å². The summed E-state index contributed by atoms with van der Waals surface area (Å²) >= 11 is 5.56. The molecule has 0 bridgehead atoms. The van der Waals surface area contributed by atoms with Crippen LogP contribution < -0.4 is 0 Å². The van der Waals surface area contributed by atoms with Gasteiger partial charge in [0.2, 0.25) is 10.0 Å². The number of ether oxygens (including phenoxy) is 1. The van der Waals surface area contributed by atoms with E-state index in [4.69, 9.17) is 16.3 Å². The van der Waals surface area contributed by atoms with Crippen molar-refractivity contribution in [2.45, 2.75) is 6.10 Å². The van der Waals surface area contributed by atoms with Gasteiger partial charge in [0, 0.05) is 25.2 Å². The molecule has 6 nitrogen and oxygen atoms in total. The van der Waals surface area contributed by atoms with Crippen LogP contribution in [0.5, 0.6) is 0 Å². The molecule has 0 aromatic rings. The third-order valence-corrected chi connectivity index (χ3v) is 6.40. The van der Waals surface area contributed by atoms with Crippen LogP contribution in [-0.2, 0) is 24.6 Å². The molecule has 1 aliphatic heterocycles. The zero-order valence-corrected chi connectivity index (χ0v) is 11.2. The van der Waals surface area contributed by atoms with E-state index in [0.29, 0.717) is 0 Å². The second-order valence-electron chi connectivity index (χ2n) is 3.66. The minimum atomic E-state index is -3.78. The highest BCUT2D eigenvalue weighted by atomic mass is 35.5. The van der Waals surface area contributed by atoms with Crippen LogP contribution in [0.1, 0.15) is 0 Å². The number of halogens is 1. The van der Waals surface area contributed by atoms with E-state index in [2.05, 4.69) is 0 Å². The van der Waals surface area contributed by atoms with Crippen LogP contribution in [0.4, 0.5) is 0 Å². The maximum Gasteiger partial charge on any atom is 0.228 e. The number of morpholine rings is 1. The lowest BCUT2D eigenvalue weighted by Gasteiger charge is -2.30. The smallest absolute Gasteiger partial charge is 0.228 e. The van der Waals surface area contributed by atoms with Crippen molar-refractivity contribution in [1.29, 1.82) is 0 Å². The number of sulfone groups is 1. The van der Waals surface area contributed by atoms with E-state index in [0.717, 1.165) is 10.6 Å². The van der Waals surface area contributed by atoms with E-state index < -0.39 is 24.9 Å². The van der Waals surface area contributed by atoms with Crippen LogP contribution in [0, 0.1) is 0 Å². The summed E-state index contributed by atoms with van der Waals surface area (Å²) in [7, 11) is -7.34. The quantitative estimate of drug-likeness (QED) is 0.637. The SMILES string of the molecule is CS(=O)(=O)CS(=O)(=O)N1CCOC(CCl)C1. The Morgan fingerprint density at radius 1 is 1.38 bits per heavy atom. The number of hydrogen-bond donors (Lipinski definition) is 0. The van der Waals surface area contributed by atoms with Gasteiger partial charge in [0.25, 0.3) is 0 Å². The lowest BCUT2D eigenvalue weighted by molar-refractivity contribution is 0.0124. The standard InChI is InChI=1S/C7H14ClNO5S2/c1-15(10,11)6-16(12,13)9-2-3-14-7(4-8)5-9/h7H,2-6H2,1H3. The van der Waals surface area contributed by atoms with Crippen LogP contribution in [0.3, 0.4) is 0 Å². The first-order valence-electron chi connectivity index (χ1n) is 4.58. The first-order valence-corrected chi connectivity index (χ1v) is 8.78. The summed E-state index contributed by atoms with van der Waals surface area (Å²) in [6.07, 6.45) is 0.522. The molecule has 1 rings (SSSR count). The fraction of sp³-hybridized carbons (Fsp3) is 1.00. The first-order chi connectivity index (χ1) is 7.24. The summed E-state index contributed by atoms with van der Waals surface area (Å²) in [5, 5.41) is -0.866. The minimum absolute atomic E-state index is 0.112. The van der Waals surface area contributed by atoms with Crippen LogP contribution in [0.2, 0.25) is 0 Å². The Balaban J connectivity index is 2.76. The number of hydrogen-bond acceptors (Lipinski definition) is 5. The Labute approximate surface area is 100 Å². The molecule has 1 atom stereocenters. The van der Waals surface area contributed by atoms with E-state index in [1.54, 1.807) is 0 Å². The molecule has 1 heterocycles. The molecule has 0 saturated carbocycles. The molecule has 0 radical (unpaired) electrons. The van der Waals surface area contributed by atoms with Crippen molar-refractivity contribution in [2.24, 2.45) is 0 Å². The van der Waals surface area contributed by atoms with Crippen molar-refractivity contribution in [3.63, 3.8) is 0 Å². The fourth-order valence-electron chi connectivity index (χ4n) is 1.38. The molecule has 16 heavy (non-hydrogen) atoms. The van der Waals surface area contributed by atoms with Gasteiger partial charge in [0.05, 0.1) is 12.7 Å². The van der Waals surface area contributed by atoms with E-state index in [9.17, 15) is 16.8 Å². The number of alkyl halides is 1. The van der Waals surface area contributed by atoms with Gasteiger partial charge in [0.1, 0.15) is 0 Å². The van der Waals surface area contributed by atoms with E-state index in [1.807, 2.05) is 0 Å². The molecule has 1 unspecified atom stereocenters. The highest BCUT2D eigenvalue weighted by Gasteiger charge is 2.31. The fourth-order valence-corrected chi connectivity index (χ4v) is 5.08. The minimum Gasteiger partial charge on any atom is -0.374 e. The Kier molecular flexibility index (Phi) is 4.58. The Hall–Kier alpha value is 0.110. The highest BCUT2D eigenvalue weighted by molar-refractivity contribution is 8.06. The lowest BCUT2D eigenvalue weighted by atomic mass is 10.3. The van der Waals surface area contributed by atoms with Gasteiger partial charge in [-0.2, -0.15) is 4.31 Å². The average Bonchev–Trinajstić information content (AvgIpc) is 2.14. The average molecular weight is 292 g/mol. The second kappa shape index (κ2) is 5.18. The van der Waals surface area contributed by atoms with E-state index >= 15 is 0 Å². The monoisotopic (exact) mass is 291 g/mol. The lowest BCUT2D eigenvalue weighted by Crippen LogP contribution is -2.47. The van der Waals surface area contributed by atoms with E-state index in [-0.39, 0.29) is 31.7 Å². The molecule has 0 N–H and O–H groups in total. The summed E-state index contributed by atoms with van der Waals surface area (Å²) in [6, 6.07) is 0. The van der Waals surface area contributed by atoms with Gasteiger partial charge < -0.3 is 4.74 Å². The predicted octanol–water partition coefficient (Wildman–Crippen LogP) is -0.742. The predicted molar refractivity (Wildman–Crippen MR) is 60.7 cm³/mol. The molecule has 1 saturated heterocycles. The van der Waals surface area contributed by atoms with Gasteiger partial charge in [0.15, 0.2) is 14.9 Å². The zero-order valence-electron chi connectivity index (χ0n) is 8.80. The summed E-state index contributed by atoms with van der Waals surface area (Å²) in [4.78, 5) is 0. The third-order valence-electron chi connectivity index (χ3n) is 2.03. The maximum atomic E-state index is 11.7. The number of nitrogens with zero attached hydrogens (tertiary/aromatic N) is 1. The topological polar surface area (TPSA) is 80.8 Å². The summed E-state index contributed by atoms with van der Waals surface area (Å²) in [5.41, 5.74) is 0. The normalized spacial score (nSPS) is 24.5. The highest BCUT2D eigenvalue weighted by Crippen LogP contribution is 2.12. The third kappa shape index (κ3) is 4.17. The zero-order chi connectivity index (χ0) is 12.4. The summed E-state index contributed by atoms with van der Waals surface area (Å²) in [6.45, 7) is 0.521. The molecule has 0 aromatic carbocycles. The van der Waals surface area contributed by atoms with Gasteiger partial charge in [-0.15, -0.1) is 11.6 Å². The van der Waals surface area contributed by atoms with Crippen LogP contribution in [0.15, 0.2) is 0 Å². The van der Waals surface area contributed by atoms with Gasteiger partial charge >= 0.3 is 0 Å². The molecule has 0 aromatic heterocycles. The molecule has 0 aliphatic carbocycles. The largest absolute Gasteiger partial charge is 0.374 e. The van der Waals surface area contributed by atoms with Crippen molar-refractivity contribution in [1.82, 2.24) is 4.31 Å². The van der Waals surface area contributed by atoms with Crippen LogP contribution in [0.25, 0.3) is 0 Å². The molecule has 0 spiro atoms. The Bertz CT molecular complexity index is 432. The molecular formula is C7H14ClNO5S2. The first kappa shape index (κ1) is 14.2. The van der Waals surface area contributed by atoms with Crippen molar-refractivity contribution in [3.8, 4) is 0 Å². The molecule has 1 aliphatic rings. The van der Waals surface area contributed by atoms with Gasteiger partial charge in [-0.3, -0.25) is 0 Å². The molecular weight excluding hydrogens is 278 g/mol. The van der Waals surface area contributed by atoms with Crippen molar-refractivity contribution in [3.05, 3.63) is 0 Å². The molecule has 96 valence electrons. The molecule has 1 fully saturated rings. The molecule has 9 heteroatoms. The van der Waals surface area contributed by atoms with Crippen LogP contribution in [-0.4, -0.2) is 64.2 Å². The Morgan fingerprint density at radius 2 is 2.00 bits per heavy atom. The van der Waals surface area contributed by atoms with Gasteiger partial charge in [-0.05, 0) is 0 Å². The summed E-state index contributed by atoms with van der Waals surface area (Å²) in [5.74, 6) is 0.185. The van der Waals surface area contributed by atoms with Crippen molar-refractivity contribution in [2.75, 3.05) is 36.9 Å². The number of sulfonamides is 1.